The molecule has 0 nitrogen and oxygen atoms in total. The molecule has 0 spiro atoms. The molecule has 0 atom stereocenters. The summed E-state index contributed by atoms with van der Waals surface area (Å²) in [6.07, 6.45) is 41.9. The van der Waals surface area contributed by atoms with Crippen LogP contribution in [0.1, 0.15) is 208 Å². The van der Waals surface area contributed by atoms with Gasteiger partial charge in [-0.1, -0.05) is 83.1 Å². The molecule has 0 radical (unpaired) electrons. The van der Waals surface area contributed by atoms with Crippen molar-refractivity contribution in [3.05, 3.63) is 125 Å². The summed E-state index contributed by atoms with van der Waals surface area (Å²) >= 11 is 11.9. The van der Waals surface area contributed by atoms with Crippen molar-refractivity contribution in [3.63, 3.8) is 0 Å². The monoisotopic (exact) mass is 984 g/mol. The predicted octanol–water partition coefficient (Wildman–Crippen LogP) is 20.1. The Morgan fingerprint density at radius 2 is 0.242 bits per heavy atom. The molecular formula is C60H72S6. The largest absolute Gasteiger partial charge is 0.136 e. The number of hydrogen-bond acceptors (Lipinski definition) is 6. The fourth-order valence-corrected chi connectivity index (χ4v) is 18.2. The van der Waals surface area contributed by atoms with Crippen molar-refractivity contribution in [1.82, 2.24) is 0 Å². The van der Waals surface area contributed by atoms with Crippen LogP contribution in [0, 0.1) is 0 Å². The molecule has 0 aromatic carbocycles. The van der Waals surface area contributed by atoms with Crippen molar-refractivity contribution < 1.29 is 0 Å². The molecule has 348 valence electrons. The van der Waals surface area contributed by atoms with Crippen molar-refractivity contribution in [2.75, 3.05) is 0 Å². The number of thiophene rings is 6. The Labute approximate surface area is 423 Å². The molecule has 12 bridgehead atoms. The van der Waals surface area contributed by atoms with Gasteiger partial charge in [-0.05, 0) is 217 Å². The number of rotatable bonds is 12. The van der Waals surface area contributed by atoms with Crippen LogP contribution in [0.2, 0.25) is 0 Å². The smallest absolute Gasteiger partial charge is 0.0311 e. The summed E-state index contributed by atoms with van der Waals surface area (Å²) in [5.74, 6) is 0. The summed E-state index contributed by atoms with van der Waals surface area (Å²) in [7, 11) is 0. The van der Waals surface area contributed by atoms with Crippen LogP contribution in [0.5, 0.6) is 0 Å². The zero-order valence-electron chi connectivity index (χ0n) is 41.9. The van der Waals surface area contributed by atoms with Gasteiger partial charge in [0.15, 0.2) is 0 Å². The SMILES string of the molecule is CCc1c2sc(c1CC)/C=C/c1sc(c(CC)c1CC)/C=C/c1sc(c(CC)c1CC)/C=C\c1sc(c(CC)c1CC)/C=C/c1sc(c(CC)c1CC)/C=C/c1sc(c(CC)c1CC)C=C2. The van der Waals surface area contributed by atoms with E-state index in [0.29, 0.717) is 0 Å². The van der Waals surface area contributed by atoms with E-state index in [0.717, 1.165) is 77.0 Å². The van der Waals surface area contributed by atoms with Gasteiger partial charge >= 0.3 is 0 Å². The molecule has 6 aromatic rings. The maximum Gasteiger partial charge on any atom is 0.0311 e. The van der Waals surface area contributed by atoms with Crippen molar-refractivity contribution in [1.29, 1.82) is 0 Å². The first-order valence-corrected chi connectivity index (χ1v) is 30.0. The summed E-state index contributed by atoms with van der Waals surface area (Å²) in [5, 5.41) is 0. The van der Waals surface area contributed by atoms with E-state index in [-0.39, 0.29) is 0 Å². The van der Waals surface area contributed by atoms with Gasteiger partial charge in [0.1, 0.15) is 0 Å². The molecule has 6 heteroatoms. The quantitative estimate of drug-likeness (QED) is 0.114. The van der Waals surface area contributed by atoms with Crippen molar-refractivity contribution >= 4 is 141 Å². The molecule has 0 saturated carbocycles. The number of fused-ring (bicyclic) bond motifs is 12. The van der Waals surface area contributed by atoms with E-state index in [1.165, 1.54) is 125 Å². The maximum absolute atomic E-state index is 2.45. The highest BCUT2D eigenvalue weighted by Gasteiger charge is 2.20. The molecule has 7 heterocycles. The lowest BCUT2D eigenvalue weighted by atomic mass is 10.0. The molecule has 0 aliphatic carbocycles. The first-order chi connectivity index (χ1) is 32.2. The van der Waals surface area contributed by atoms with Crippen LogP contribution >= 0.6 is 68.0 Å². The van der Waals surface area contributed by atoms with E-state index in [4.69, 9.17) is 0 Å². The second-order valence-electron chi connectivity index (χ2n) is 17.0. The number of hydrogen-bond donors (Lipinski definition) is 0. The highest BCUT2D eigenvalue weighted by atomic mass is 32.1. The van der Waals surface area contributed by atoms with E-state index < -0.39 is 0 Å². The molecule has 0 N–H and O–H groups in total. The average Bonchev–Trinajstić information content (AvgIpc) is 4.18. The minimum atomic E-state index is 1.05. The van der Waals surface area contributed by atoms with Gasteiger partial charge in [-0.2, -0.15) is 0 Å². The van der Waals surface area contributed by atoms with Crippen molar-refractivity contribution in [3.8, 4) is 0 Å². The first kappa shape index (κ1) is 50.5. The van der Waals surface area contributed by atoms with Gasteiger partial charge in [0.2, 0.25) is 0 Å². The zero-order chi connectivity index (χ0) is 47.1. The lowest BCUT2D eigenvalue weighted by Crippen LogP contribution is -1.90. The van der Waals surface area contributed by atoms with E-state index >= 15 is 0 Å². The first-order valence-electron chi connectivity index (χ1n) is 25.1. The topological polar surface area (TPSA) is 0 Å². The lowest BCUT2D eigenvalue weighted by molar-refractivity contribution is 1.05. The molecule has 7 rings (SSSR count). The van der Waals surface area contributed by atoms with E-state index in [9.17, 15) is 0 Å². The molecule has 0 amide bonds. The van der Waals surface area contributed by atoms with Gasteiger partial charge in [-0.15, -0.1) is 68.0 Å². The molecule has 0 saturated heterocycles. The van der Waals surface area contributed by atoms with Crippen LogP contribution in [0.15, 0.2) is 0 Å². The Bertz CT molecular complexity index is 2160. The van der Waals surface area contributed by atoms with Crippen LogP contribution < -0.4 is 0 Å². The highest BCUT2D eigenvalue weighted by molar-refractivity contribution is 7.17. The minimum Gasteiger partial charge on any atom is -0.136 e. The van der Waals surface area contributed by atoms with Crippen LogP contribution in [0.3, 0.4) is 0 Å². The van der Waals surface area contributed by atoms with Crippen molar-refractivity contribution in [2.24, 2.45) is 0 Å². The third-order valence-corrected chi connectivity index (χ3v) is 20.9. The van der Waals surface area contributed by atoms with Gasteiger partial charge < -0.3 is 0 Å². The average molecular weight is 986 g/mol. The molecular weight excluding hydrogens is 913 g/mol. The molecule has 1 aliphatic heterocycles. The summed E-state index contributed by atoms with van der Waals surface area (Å²) < 4.78 is 0. The van der Waals surface area contributed by atoms with Crippen LogP contribution in [-0.4, -0.2) is 0 Å². The molecule has 1 aliphatic rings. The van der Waals surface area contributed by atoms with E-state index in [2.05, 4.69) is 156 Å². The van der Waals surface area contributed by atoms with Gasteiger partial charge in [0.05, 0.1) is 0 Å². The third kappa shape index (κ3) is 10.0. The van der Waals surface area contributed by atoms with Crippen LogP contribution in [-0.2, 0) is 77.0 Å². The Kier molecular flexibility index (Phi) is 17.8. The lowest BCUT2D eigenvalue weighted by Gasteiger charge is -2.03. The van der Waals surface area contributed by atoms with Crippen molar-refractivity contribution in [2.45, 2.75) is 160 Å². The summed E-state index contributed by atoms with van der Waals surface area (Å²) in [4.78, 5) is 17.0. The van der Waals surface area contributed by atoms with Crippen LogP contribution in [0.4, 0.5) is 0 Å². The maximum atomic E-state index is 2.45. The molecule has 0 fully saturated rings. The van der Waals surface area contributed by atoms with E-state index in [1.54, 1.807) is 0 Å². The van der Waals surface area contributed by atoms with Gasteiger partial charge in [0.25, 0.3) is 0 Å². The minimum absolute atomic E-state index is 1.05. The van der Waals surface area contributed by atoms with Gasteiger partial charge in [-0.25, -0.2) is 0 Å². The van der Waals surface area contributed by atoms with Gasteiger partial charge in [-0.3, -0.25) is 0 Å². The second-order valence-corrected chi connectivity index (χ2v) is 23.5. The van der Waals surface area contributed by atoms with Crippen LogP contribution in [0.25, 0.3) is 72.9 Å². The molecule has 0 unspecified atom stereocenters. The Balaban J connectivity index is 1.43. The fraction of sp³-hybridized carbons (Fsp3) is 0.400. The summed E-state index contributed by atoms with van der Waals surface area (Å²) in [6, 6.07) is 0. The standard InChI is InChI=1S/C60H72S6/c1-13-37-38(14-2)50-27-28-52-41(17-5)42(18-6)54(63-52)31-32-56-45(21-9)46(22-10)58(65-56)35-36-60-48(24-12)47(23-11)59(66-60)34-33-57-44(20-8)43(19-7)55(64-57)30-29-53-40(16-4)39(15-3)51(62-53)26-25-49(37)61-50/h25-36H,13-24H2,1-12H3/b26-25-,28-27+,30-29+,32-31+,34-33+,36-35?,49-25?,50-27?,51-26?,52-28?,53-29?,54-31?,55-30?,56-32?,57-33?,58-35?,59-34?,60-36?. The third-order valence-electron chi connectivity index (χ3n) is 13.6. The molecule has 6 aromatic heterocycles. The predicted molar refractivity (Wildman–Crippen MR) is 312 cm³/mol. The zero-order valence-corrected chi connectivity index (χ0v) is 46.8. The highest BCUT2D eigenvalue weighted by Crippen LogP contribution is 2.42. The Hall–Kier alpha value is -3.36. The second kappa shape index (κ2) is 23.3. The fourth-order valence-electron chi connectivity index (χ4n) is 10.4. The Morgan fingerprint density at radius 3 is 0.303 bits per heavy atom. The molecule has 66 heavy (non-hydrogen) atoms. The summed E-state index contributed by atoms with van der Waals surface area (Å²) in [5.41, 5.74) is 18.2. The Morgan fingerprint density at radius 1 is 0.167 bits per heavy atom. The normalized spacial score (nSPS) is 15.3. The van der Waals surface area contributed by atoms with Gasteiger partial charge in [0, 0.05) is 58.5 Å². The van der Waals surface area contributed by atoms with E-state index in [1.807, 2.05) is 68.0 Å². The summed E-state index contributed by atoms with van der Waals surface area (Å²) in [6.45, 7) is 28.0.